The van der Waals surface area contributed by atoms with E-state index in [1.54, 1.807) is 11.4 Å². The Kier molecular flexibility index (Phi) is 5.11. The van der Waals surface area contributed by atoms with Crippen LogP contribution in [0.5, 0.6) is 0 Å². The molecule has 2 aromatic rings. The summed E-state index contributed by atoms with van der Waals surface area (Å²) in [4.78, 5) is 23.7. The fourth-order valence-electron chi connectivity index (χ4n) is 1.94. The van der Waals surface area contributed by atoms with E-state index in [0.29, 0.717) is 5.56 Å². The molecule has 0 aliphatic heterocycles. The van der Waals surface area contributed by atoms with Crippen molar-refractivity contribution in [2.24, 2.45) is 0 Å². The van der Waals surface area contributed by atoms with E-state index >= 15 is 0 Å². The third kappa shape index (κ3) is 4.16. The second-order valence-corrected chi connectivity index (χ2v) is 5.51. The Morgan fingerprint density at radius 3 is 2.52 bits per heavy atom. The molecule has 0 radical (unpaired) electrons. The molecule has 110 valence electrons. The molecule has 0 saturated carbocycles. The van der Waals surface area contributed by atoms with E-state index in [-0.39, 0.29) is 18.3 Å². The number of nitrogens with one attached hydrogen (secondary N) is 1. The minimum Gasteiger partial charge on any atom is -0.469 e. The lowest BCUT2D eigenvalue weighted by molar-refractivity contribution is -0.141. The van der Waals surface area contributed by atoms with E-state index in [4.69, 9.17) is 4.74 Å². The van der Waals surface area contributed by atoms with Crippen LogP contribution in [0.4, 0.5) is 0 Å². The smallest absolute Gasteiger partial charge is 0.307 e. The number of hydrogen-bond donors (Lipinski definition) is 1. The summed E-state index contributed by atoms with van der Waals surface area (Å²) in [6.45, 7) is 1.99. The molecular formula is C16H17NO3S. The van der Waals surface area contributed by atoms with Crippen molar-refractivity contribution in [3.63, 3.8) is 0 Å². The molecule has 5 heteroatoms. The van der Waals surface area contributed by atoms with Gasteiger partial charge in [0.2, 0.25) is 0 Å². The number of carbonyl (C=O) groups is 2. The normalized spacial score (nSPS) is 11.7. The van der Waals surface area contributed by atoms with Gasteiger partial charge in [0.15, 0.2) is 0 Å². The molecule has 0 aliphatic rings. The molecule has 0 saturated heterocycles. The van der Waals surface area contributed by atoms with Crippen molar-refractivity contribution < 1.29 is 14.3 Å². The summed E-state index contributed by atoms with van der Waals surface area (Å²) in [5, 5.41) is 6.51. The monoisotopic (exact) mass is 303 g/mol. The van der Waals surface area contributed by atoms with Gasteiger partial charge in [-0.05, 0) is 23.9 Å². The summed E-state index contributed by atoms with van der Waals surface area (Å²) in [6.07, 6.45) is 0.107. The molecule has 0 fully saturated rings. The predicted molar refractivity (Wildman–Crippen MR) is 82.3 cm³/mol. The highest BCUT2D eigenvalue weighted by Gasteiger charge is 2.19. The standard InChI is InChI=1S/C16H17NO3S/c1-11-3-5-12(6-4-11)14(9-15(18)20-2)17-16(19)13-7-8-21-10-13/h3-8,10,14H,9H2,1-2H3,(H,17,19). The van der Waals surface area contributed by atoms with Gasteiger partial charge in [0.1, 0.15) is 0 Å². The molecule has 2 rings (SSSR count). The van der Waals surface area contributed by atoms with Gasteiger partial charge in [0, 0.05) is 5.38 Å². The number of amides is 1. The van der Waals surface area contributed by atoms with Crippen LogP contribution in [0.15, 0.2) is 41.1 Å². The van der Waals surface area contributed by atoms with Crippen molar-refractivity contribution in [3.05, 3.63) is 57.8 Å². The van der Waals surface area contributed by atoms with Crippen molar-refractivity contribution in [2.45, 2.75) is 19.4 Å². The summed E-state index contributed by atoms with van der Waals surface area (Å²) < 4.78 is 4.71. The summed E-state index contributed by atoms with van der Waals surface area (Å²) in [6, 6.07) is 9.09. The minimum absolute atomic E-state index is 0.107. The molecule has 0 bridgehead atoms. The van der Waals surface area contributed by atoms with Crippen LogP contribution in [-0.2, 0) is 9.53 Å². The quantitative estimate of drug-likeness (QED) is 0.864. The highest BCUT2D eigenvalue weighted by atomic mass is 32.1. The van der Waals surface area contributed by atoms with Crippen LogP contribution in [0, 0.1) is 6.92 Å². The molecule has 1 N–H and O–H groups in total. The first-order valence-electron chi connectivity index (χ1n) is 6.56. The molecule has 1 unspecified atom stereocenters. The summed E-state index contributed by atoms with van der Waals surface area (Å²) >= 11 is 1.46. The molecule has 1 atom stereocenters. The van der Waals surface area contributed by atoms with E-state index < -0.39 is 6.04 Å². The van der Waals surface area contributed by atoms with E-state index in [1.165, 1.54) is 18.4 Å². The van der Waals surface area contributed by atoms with Gasteiger partial charge in [-0.15, -0.1) is 0 Å². The minimum atomic E-state index is -0.398. The number of aryl methyl sites for hydroxylation is 1. The Labute approximate surface area is 127 Å². The number of methoxy groups -OCH3 is 1. The SMILES string of the molecule is COC(=O)CC(NC(=O)c1ccsc1)c1ccc(C)cc1. The molecule has 1 aromatic heterocycles. The highest BCUT2D eigenvalue weighted by Crippen LogP contribution is 2.19. The highest BCUT2D eigenvalue weighted by molar-refractivity contribution is 7.08. The van der Waals surface area contributed by atoms with Gasteiger partial charge < -0.3 is 10.1 Å². The number of esters is 1. The summed E-state index contributed by atoms with van der Waals surface area (Å²) in [5.41, 5.74) is 2.61. The van der Waals surface area contributed by atoms with Crippen LogP contribution < -0.4 is 5.32 Å². The largest absolute Gasteiger partial charge is 0.469 e. The zero-order chi connectivity index (χ0) is 15.2. The van der Waals surface area contributed by atoms with Gasteiger partial charge in [-0.3, -0.25) is 9.59 Å². The van der Waals surface area contributed by atoms with Gasteiger partial charge in [0.25, 0.3) is 5.91 Å². The first-order valence-corrected chi connectivity index (χ1v) is 7.51. The zero-order valence-electron chi connectivity index (χ0n) is 12.0. The average Bonchev–Trinajstić information content (AvgIpc) is 3.01. The second kappa shape index (κ2) is 7.04. The lowest BCUT2D eigenvalue weighted by atomic mass is 10.0. The van der Waals surface area contributed by atoms with E-state index in [1.807, 2.05) is 36.6 Å². The lowest BCUT2D eigenvalue weighted by Gasteiger charge is -2.18. The first-order chi connectivity index (χ1) is 10.1. The number of ether oxygens (including phenoxy) is 1. The maximum Gasteiger partial charge on any atom is 0.307 e. The Morgan fingerprint density at radius 2 is 1.95 bits per heavy atom. The fraction of sp³-hybridized carbons (Fsp3) is 0.250. The van der Waals surface area contributed by atoms with Crippen LogP contribution in [0.25, 0.3) is 0 Å². The number of rotatable bonds is 5. The van der Waals surface area contributed by atoms with Crippen LogP contribution >= 0.6 is 11.3 Å². The van der Waals surface area contributed by atoms with Crippen LogP contribution in [-0.4, -0.2) is 19.0 Å². The number of benzene rings is 1. The van der Waals surface area contributed by atoms with E-state index in [0.717, 1.165) is 11.1 Å². The molecule has 1 heterocycles. The summed E-state index contributed by atoms with van der Waals surface area (Å²) in [5.74, 6) is -0.545. The number of hydrogen-bond acceptors (Lipinski definition) is 4. The molecule has 0 aliphatic carbocycles. The van der Waals surface area contributed by atoms with Gasteiger partial charge in [-0.2, -0.15) is 11.3 Å². The van der Waals surface area contributed by atoms with Crippen LogP contribution in [0.2, 0.25) is 0 Å². The second-order valence-electron chi connectivity index (χ2n) is 4.73. The third-order valence-corrected chi connectivity index (χ3v) is 3.85. The van der Waals surface area contributed by atoms with Gasteiger partial charge in [-0.1, -0.05) is 29.8 Å². The Hall–Kier alpha value is -2.14. The summed E-state index contributed by atoms with van der Waals surface area (Å²) in [7, 11) is 1.34. The van der Waals surface area contributed by atoms with Gasteiger partial charge in [-0.25, -0.2) is 0 Å². The van der Waals surface area contributed by atoms with Crippen molar-refractivity contribution in [1.29, 1.82) is 0 Å². The number of carbonyl (C=O) groups excluding carboxylic acids is 2. The number of thiophene rings is 1. The van der Waals surface area contributed by atoms with Crippen molar-refractivity contribution >= 4 is 23.2 Å². The third-order valence-electron chi connectivity index (χ3n) is 3.17. The molecule has 1 amide bonds. The van der Waals surface area contributed by atoms with Crippen molar-refractivity contribution in [2.75, 3.05) is 7.11 Å². The predicted octanol–water partition coefficient (Wildman–Crippen LogP) is 3.09. The fourth-order valence-corrected chi connectivity index (χ4v) is 2.57. The molecule has 21 heavy (non-hydrogen) atoms. The van der Waals surface area contributed by atoms with Crippen molar-refractivity contribution in [1.82, 2.24) is 5.32 Å². The zero-order valence-corrected chi connectivity index (χ0v) is 12.8. The average molecular weight is 303 g/mol. The van der Waals surface area contributed by atoms with Crippen molar-refractivity contribution in [3.8, 4) is 0 Å². The maximum atomic E-state index is 12.2. The topological polar surface area (TPSA) is 55.4 Å². The molecule has 0 spiro atoms. The van der Waals surface area contributed by atoms with Gasteiger partial charge in [0.05, 0.1) is 25.1 Å². The lowest BCUT2D eigenvalue weighted by Crippen LogP contribution is -2.30. The molecule has 4 nitrogen and oxygen atoms in total. The van der Waals surface area contributed by atoms with Crippen LogP contribution in [0.1, 0.15) is 33.9 Å². The first kappa shape index (κ1) is 15.3. The molecule has 1 aromatic carbocycles. The van der Waals surface area contributed by atoms with Crippen LogP contribution in [0.3, 0.4) is 0 Å². The Bertz CT molecular complexity index is 605. The Morgan fingerprint density at radius 1 is 1.24 bits per heavy atom. The maximum absolute atomic E-state index is 12.2. The molecular weight excluding hydrogens is 286 g/mol. The van der Waals surface area contributed by atoms with E-state index in [9.17, 15) is 9.59 Å². The Balaban J connectivity index is 2.17. The van der Waals surface area contributed by atoms with Gasteiger partial charge >= 0.3 is 5.97 Å². The van der Waals surface area contributed by atoms with E-state index in [2.05, 4.69) is 5.32 Å².